The Morgan fingerprint density at radius 1 is 1.31 bits per heavy atom. The first-order valence-corrected chi connectivity index (χ1v) is 9.65. The van der Waals surface area contributed by atoms with Crippen LogP contribution >= 0.6 is 11.6 Å². The molecule has 0 amide bonds. The molecule has 0 unspecified atom stereocenters. The van der Waals surface area contributed by atoms with E-state index in [0.717, 1.165) is 36.9 Å². The lowest BCUT2D eigenvalue weighted by Crippen LogP contribution is -2.30. The van der Waals surface area contributed by atoms with E-state index < -0.39 is 0 Å². The summed E-state index contributed by atoms with van der Waals surface area (Å²) in [6.07, 6.45) is 6.00. The number of halogens is 1. The number of hydrogen-bond donors (Lipinski definition) is 2. The van der Waals surface area contributed by atoms with Gasteiger partial charge in [-0.3, -0.25) is 9.89 Å². The third-order valence-electron chi connectivity index (χ3n) is 4.97. The highest BCUT2D eigenvalue weighted by Crippen LogP contribution is 2.35. The summed E-state index contributed by atoms with van der Waals surface area (Å²) in [7, 11) is 0. The zero-order valence-corrected chi connectivity index (χ0v) is 16.4. The van der Waals surface area contributed by atoms with Gasteiger partial charge in [-0.25, -0.2) is 0 Å². The molecule has 1 aliphatic rings. The maximum atomic E-state index is 12.2. The molecule has 0 radical (unpaired) electrons. The van der Waals surface area contributed by atoms with Crippen LogP contribution in [0.15, 0.2) is 40.7 Å². The summed E-state index contributed by atoms with van der Waals surface area (Å²) in [6.45, 7) is 6.54. The van der Waals surface area contributed by atoms with Gasteiger partial charge in [-0.05, 0) is 56.7 Å². The topological polar surface area (TPSA) is 57.9 Å². The van der Waals surface area contributed by atoms with Gasteiger partial charge in [0.05, 0.1) is 11.7 Å². The van der Waals surface area contributed by atoms with E-state index in [9.17, 15) is 4.79 Å². The van der Waals surface area contributed by atoms with Gasteiger partial charge in [0.15, 0.2) is 0 Å². The van der Waals surface area contributed by atoms with Crippen LogP contribution in [0, 0.1) is 5.92 Å². The van der Waals surface area contributed by atoms with Crippen molar-refractivity contribution in [3.05, 3.63) is 68.1 Å². The molecular weight excluding hydrogens is 348 g/mol. The Morgan fingerprint density at radius 3 is 2.73 bits per heavy atom. The van der Waals surface area contributed by atoms with Gasteiger partial charge in [-0.2, -0.15) is 0 Å². The lowest BCUT2D eigenvalue weighted by Gasteiger charge is -2.31. The highest BCUT2D eigenvalue weighted by molar-refractivity contribution is 6.30. The molecule has 26 heavy (non-hydrogen) atoms. The standard InChI is InChI=1S/C21H27ClN2O2/c1-13(2)5-4-6-14(3)11-17-12-18-19(21(25)24-23-18)20(26-17)15-7-9-16(22)10-8-15/h5,7-10,14,17,20H,4,6,11-12H2,1-3H3,(H2,23,24,25)/t14-,17+,20-/m0/s1. The van der Waals surface area contributed by atoms with Crippen LogP contribution in [0.25, 0.3) is 0 Å². The second kappa shape index (κ2) is 8.28. The van der Waals surface area contributed by atoms with Gasteiger partial charge in [-0.15, -0.1) is 0 Å². The zero-order chi connectivity index (χ0) is 18.7. The molecule has 0 saturated heterocycles. The number of allylic oxidation sites excluding steroid dienone is 2. The van der Waals surface area contributed by atoms with Crippen LogP contribution in [0.1, 0.15) is 63.0 Å². The normalized spacial score (nSPS) is 20.5. The summed E-state index contributed by atoms with van der Waals surface area (Å²) in [4.78, 5) is 12.2. The summed E-state index contributed by atoms with van der Waals surface area (Å²) in [6, 6.07) is 7.55. The number of nitrogens with one attached hydrogen (secondary N) is 2. The van der Waals surface area contributed by atoms with E-state index in [1.807, 2.05) is 24.3 Å². The van der Waals surface area contributed by atoms with Gasteiger partial charge in [0.2, 0.25) is 0 Å². The van der Waals surface area contributed by atoms with E-state index in [4.69, 9.17) is 16.3 Å². The van der Waals surface area contributed by atoms with Crippen molar-refractivity contribution in [2.45, 2.75) is 58.7 Å². The second-order valence-electron chi connectivity index (χ2n) is 7.56. The molecule has 2 heterocycles. The molecule has 0 bridgehead atoms. The molecule has 0 saturated carbocycles. The summed E-state index contributed by atoms with van der Waals surface area (Å²) in [5.74, 6) is 0.564. The third kappa shape index (κ3) is 4.49. The Bertz CT molecular complexity index is 815. The Kier molecular flexibility index (Phi) is 6.05. The minimum atomic E-state index is -0.346. The second-order valence-corrected chi connectivity index (χ2v) is 8.00. The number of aromatic amines is 2. The van der Waals surface area contributed by atoms with Crippen molar-refractivity contribution < 1.29 is 4.74 Å². The fourth-order valence-electron chi connectivity index (χ4n) is 3.62. The molecule has 1 aromatic heterocycles. The molecule has 2 N–H and O–H groups in total. The summed E-state index contributed by atoms with van der Waals surface area (Å²) in [5, 5.41) is 6.44. The van der Waals surface area contributed by atoms with Crippen molar-refractivity contribution in [2.75, 3.05) is 0 Å². The van der Waals surface area contributed by atoms with Crippen LogP contribution in [0.3, 0.4) is 0 Å². The van der Waals surface area contributed by atoms with Crippen molar-refractivity contribution in [2.24, 2.45) is 5.92 Å². The molecule has 4 nitrogen and oxygen atoms in total. The van der Waals surface area contributed by atoms with Crippen LogP contribution in [0.5, 0.6) is 0 Å². The molecule has 5 heteroatoms. The number of rotatable bonds is 6. The largest absolute Gasteiger partial charge is 0.365 e. The van der Waals surface area contributed by atoms with Gasteiger partial charge in [0.25, 0.3) is 5.56 Å². The lowest BCUT2D eigenvalue weighted by atomic mass is 9.90. The number of benzene rings is 1. The SMILES string of the molecule is CC(C)=CCC[C@H](C)C[C@@H]1Cc2[nH][nH]c(=O)c2[C@H](c2ccc(Cl)cc2)O1. The van der Waals surface area contributed by atoms with Crippen molar-refractivity contribution in [3.63, 3.8) is 0 Å². The summed E-state index contributed by atoms with van der Waals surface area (Å²) >= 11 is 6.01. The maximum absolute atomic E-state index is 12.2. The van der Waals surface area contributed by atoms with Gasteiger partial charge in [-0.1, -0.05) is 42.3 Å². The smallest absolute Gasteiger partial charge is 0.270 e. The third-order valence-corrected chi connectivity index (χ3v) is 5.22. The predicted molar refractivity (Wildman–Crippen MR) is 106 cm³/mol. The molecule has 1 aliphatic heterocycles. The first-order chi connectivity index (χ1) is 12.4. The van der Waals surface area contributed by atoms with E-state index in [-0.39, 0.29) is 17.8 Å². The summed E-state index contributed by atoms with van der Waals surface area (Å²) in [5.41, 5.74) is 3.88. The van der Waals surface area contributed by atoms with Crippen LogP contribution in [0.2, 0.25) is 5.02 Å². The molecule has 0 spiro atoms. The first kappa shape index (κ1) is 19.0. The Balaban J connectivity index is 1.76. The molecule has 0 aliphatic carbocycles. The van der Waals surface area contributed by atoms with Gasteiger partial charge < -0.3 is 9.84 Å². The highest BCUT2D eigenvalue weighted by Gasteiger charge is 2.33. The van der Waals surface area contributed by atoms with Crippen LogP contribution in [-0.4, -0.2) is 16.3 Å². The molecule has 0 fully saturated rings. The van der Waals surface area contributed by atoms with Gasteiger partial charge >= 0.3 is 0 Å². The van der Waals surface area contributed by atoms with Crippen LogP contribution < -0.4 is 5.56 Å². The average Bonchev–Trinajstić information content (AvgIpc) is 2.96. The van der Waals surface area contributed by atoms with Gasteiger partial charge in [0.1, 0.15) is 6.10 Å². The van der Waals surface area contributed by atoms with Crippen molar-refractivity contribution in [1.29, 1.82) is 0 Å². The summed E-state index contributed by atoms with van der Waals surface area (Å²) < 4.78 is 6.38. The minimum absolute atomic E-state index is 0.0938. The maximum Gasteiger partial charge on any atom is 0.270 e. The molecule has 140 valence electrons. The quantitative estimate of drug-likeness (QED) is 0.686. The number of hydrogen-bond acceptors (Lipinski definition) is 2. The molecular formula is C21H27ClN2O2. The van der Waals surface area contributed by atoms with E-state index in [1.165, 1.54) is 5.57 Å². The minimum Gasteiger partial charge on any atom is -0.365 e. The fourth-order valence-corrected chi connectivity index (χ4v) is 3.75. The number of fused-ring (bicyclic) bond motifs is 1. The molecule has 3 rings (SSSR count). The molecule has 3 atom stereocenters. The monoisotopic (exact) mass is 374 g/mol. The van der Waals surface area contributed by atoms with E-state index in [2.05, 4.69) is 37.0 Å². The number of H-pyrrole nitrogens is 2. The Hall–Kier alpha value is -1.78. The lowest BCUT2D eigenvalue weighted by molar-refractivity contribution is -0.0171. The van der Waals surface area contributed by atoms with Crippen molar-refractivity contribution in [3.8, 4) is 0 Å². The fraction of sp³-hybridized carbons (Fsp3) is 0.476. The predicted octanol–water partition coefficient (Wildman–Crippen LogP) is 5.16. The van der Waals surface area contributed by atoms with E-state index in [0.29, 0.717) is 16.5 Å². The van der Waals surface area contributed by atoms with Crippen molar-refractivity contribution >= 4 is 11.6 Å². The highest BCUT2D eigenvalue weighted by atomic mass is 35.5. The Labute approximate surface area is 159 Å². The van der Waals surface area contributed by atoms with Crippen molar-refractivity contribution in [1.82, 2.24) is 10.2 Å². The molecule has 2 aromatic rings. The number of aromatic nitrogens is 2. The average molecular weight is 375 g/mol. The van der Waals surface area contributed by atoms with E-state index >= 15 is 0 Å². The van der Waals surface area contributed by atoms with Gasteiger partial charge in [0, 0.05) is 17.1 Å². The Morgan fingerprint density at radius 2 is 2.04 bits per heavy atom. The zero-order valence-electron chi connectivity index (χ0n) is 15.6. The van der Waals surface area contributed by atoms with E-state index in [1.54, 1.807) is 0 Å². The first-order valence-electron chi connectivity index (χ1n) is 9.27. The number of ether oxygens (including phenoxy) is 1. The van der Waals surface area contributed by atoms with Crippen LogP contribution in [0.4, 0.5) is 0 Å². The van der Waals surface area contributed by atoms with Crippen LogP contribution in [-0.2, 0) is 11.2 Å². The molecule has 1 aromatic carbocycles.